The SMILES string of the molecule is COc1ccc(C=CC(=O)N(C)O)cc1OC. The molecule has 0 aliphatic rings. The molecular formula is C12H15NO4. The molecule has 0 aromatic heterocycles. The average molecular weight is 237 g/mol. The van der Waals surface area contributed by atoms with E-state index in [4.69, 9.17) is 14.7 Å². The van der Waals surface area contributed by atoms with E-state index in [1.165, 1.54) is 20.2 Å². The Labute approximate surface area is 99.8 Å². The van der Waals surface area contributed by atoms with Crippen LogP contribution < -0.4 is 9.47 Å². The first-order valence-corrected chi connectivity index (χ1v) is 4.95. The van der Waals surface area contributed by atoms with Gasteiger partial charge in [0, 0.05) is 13.1 Å². The van der Waals surface area contributed by atoms with Crippen molar-refractivity contribution < 1.29 is 19.5 Å². The maximum Gasteiger partial charge on any atom is 0.269 e. The zero-order valence-corrected chi connectivity index (χ0v) is 10.0. The van der Waals surface area contributed by atoms with Gasteiger partial charge in [0.1, 0.15) is 0 Å². The Morgan fingerprint density at radius 2 is 1.94 bits per heavy atom. The lowest BCUT2D eigenvalue weighted by atomic mass is 10.2. The molecule has 92 valence electrons. The summed E-state index contributed by atoms with van der Waals surface area (Å²) in [5, 5.41) is 9.38. The number of amides is 1. The summed E-state index contributed by atoms with van der Waals surface area (Å²) in [5.41, 5.74) is 0.776. The number of benzene rings is 1. The molecule has 0 heterocycles. The van der Waals surface area contributed by atoms with Crippen LogP contribution in [0.2, 0.25) is 0 Å². The second-order valence-corrected chi connectivity index (χ2v) is 3.31. The normalized spacial score (nSPS) is 10.4. The summed E-state index contributed by atoms with van der Waals surface area (Å²) in [6, 6.07) is 5.26. The number of hydrogen-bond acceptors (Lipinski definition) is 4. The molecule has 5 heteroatoms. The molecule has 1 aromatic carbocycles. The molecule has 0 aliphatic heterocycles. The van der Waals surface area contributed by atoms with Crippen LogP contribution in [0.1, 0.15) is 5.56 Å². The molecule has 0 aliphatic carbocycles. The average Bonchev–Trinajstić information content (AvgIpc) is 2.35. The third-order valence-corrected chi connectivity index (χ3v) is 2.14. The third kappa shape index (κ3) is 3.49. The van der Waals surface area contributed by atoms with Gasteiger partial charge in [0.2, 0.25) is 0 Å². The van der Waals surface area contributed by atoms with Gasteiger partial charge in [-0.25, -0.2) is 5.06 Å². The number of hydrogen-bond donors (Lipinski definition) is 1. The number of ether oxygens (including phenoxy) is 2. The number of hydroxylamine groups is 2. The van der Waals surface area contributed by atoms with Crippen molar-refractivity contribution >= 4 is 12.0 Å². The fourth-order valence-electron chi connectivity index (χ4n) is 1.23. The van der Waals surface area contributed by atoms with E-state index in [0.717, 1.165) is 5.56 Å². The molecule has 1 amide bonds. The highest BCUT2D eigenvalue weighted by molar-refractivity contribution is 5.90. The number of nitrogens with zero attached hydrogens (tertiary/aromatic N) is 1. The van der Waals surface area contributed by atoms with Crippen molar-refractivity contribution in [1.29, 1.82) is 0 Å². The van der Waals surface area contributed by atoms with Gasteiger partial charge >= 0.3 is 0 Å². The van der Waals surface area contributed by atoms with Crippen molar-refractivity contribution in [2.75, 3.05) is 21.3 Å². The molecule has 17 heavy (non-hydrogen) atoms. The number of carbonyl (C=O) groups is 1. The molecule has 5 nitrogen and oxygen atoms in total. The van der Waals surface area contributed by atoms with Crippen LogP contribution >= 0.6 is 0 Å². The topological polar surface area (TPSA) is 59.0 Å². The number of carbonyl (C=O) groups excluding carboxylic acids is 1. The monoisotopic (exact) mass is 237 g/mol. The van der Waals surface area contributed by atoms with E-state index < -0.39 is 5.91 Å². The van der Waals surface area contributed by atoms with Gasteiger partial charge in [-0.2, -0.15) is 0 Å². The minimum absolute atomic E-state index is 0.500. The Bertz CT molecular complexity index is 427. The van der Waals surface area contributed by atoms with Crippen molar-refractivity contribution in [2.45, 2.75) is 0 Å². The largest absolute Gasteiger partial charge is 0.493 e. The van der Waals surface area contributed by atoms with Gasteiger partial charge < -0.3 is 9.47 Å². The molecule has 0 saturated heterocycles. The third-order valence-electron chi connectivity index (χ3n) is 2.14. The van der Waals surface area contributed by atoms with Gasteiger partial charge in [-0.1, -0.05) is 6.07 Å². The van der Waals surface area contributed by atoms with Crippen molar-refractivity contribution in [3.63, 3.8) is 0 Å². The zero-order chi connectivity index (χ0) is 12.8. The minimum Gasteiger partial charge on any atom is -0.493 e. The number of likely N-dealkylation sites (N-methyl/N-ethyl adjacent to an activating group) is 1. The number of rotatable bonds is 4. The standard InChI is InChI=1S/C12H15NO4/c1-13(15)12(14)7-5-9-4-6-10(16-2)11(8-9)17-3/h4-8,15H,1-3H3. The Balaban J connectivity index is 2.90. The second-order valence-electron chi connectivity index (χ2n) is 3.31. The van der Waals surface area contributed by atoms with Crippen LogP contribution in [-0.4, -0.2) is 37.4 Å². The summed E-state index contributed by atoms with van der Waals surface area (Å²) in [7, 11) is 4.36. The molecule has 0 unspecified atom stereocenters. The Hall–Kier alpha value is -2.01. The molecule has 0 fully saturated rings. The van der Waals surface area contributed by atoms with Crippen LogP contribution in [0.5, 0.6) is 11.5 Å². The Morgan fingerprint density at radius 3 is 2.47 bits per heavy atom. The van der Waals surface area contributed by atoms with Crippen LogP contribution in [0.15, 0.2) is 24.3 Å². The van der Waals surface area contributed by atoms with Crippen molar-refractivity contribution in [3.05, 3.63) is 29.8 Å². The predicted octanol–water partition coefficient (Wildman–Crippen LogP) is 1.56. The molecule has 1 rings (SSSR count). The van der Waals surface area contributed by atoms with E-state index >= 15 is 0 Å². The van der Waals surface area contributed by atoms with Gasteiger partial charge in [0.05, 0.1) is 14.2 Å². The molecule has 0 saturated carbocycles. The lowest BCUT2D eigenvalue weighted by Gasteiger charge is -2.07. The first-order valence-electron chi connectivity index (χ1n) is 4.95. The Kier molecular flexibility index (Phi) is 4.54. The molecule has 0 radical (unpaired) electrons. The van der Waals surface area contributed by atoms with E-state index in [9.17, 15) is 4.79 Å². The number of methoxy groups -OCH3 is 2. The van der Waals surface area contributed by atoms with E-state index in [1.807, 2.05) is 0 Å². The summed E-state index contributed by atoms with van der Waals surface area (Å²) < 4.78 is 10.2. The van der Waals surface area contributed by atoms with Crippen molar-refractivity contribution in [1.82, 2.24) is 5.06 Å². The second kappa shape index (κ2) is 5.91. The molecular weight excluding hydrogens is 222 g/mol. The first kappa shape index (κ1) is 13.1. The minimum atomic E-state index is -0.500. The predicted molar refractivity (Wildman–Crippen MR) is 63.1 cm³/mol. The summed E-state index contributed by atoms with van der Waals surface area (Å²) in [4.78, 5) is 11.1. The zero-order valence-electron chi connectivity index (χ0n) is 10.0. The van der Waals surface area contributed by atoms with Crippen LogP contribution in [0.25, 0.3) is 6.08 Å². The van der Waals surface area contributed by atoms with Crippen LogP contribution in [-0.2, 0) is 4.79 Å². The fraction of sp³-hybridized carbons (Fsp3) is 0.250. The first-order chi connectivity index (χ1) is 8.08. The van der Waals surface area contributed by atoms with Crippen molar-refractivity contribution in [2.24, 2.45) is 0 Å². The lowest BCUT2D eigenvalue weighted by Crippen LogP contribution is -2.19. The van der Waals surface area contributed by atoms with E-state index in [0.29, 0.717) is 16.6 Å². The van der Waals surface area contributed by atoms with E-state index in [2.05, 4.69) is 0 Å². The molecule has 1 aromatic rings. The van der Waals surface area contributed by atoms with Gasteiger partial charge in [-0.15, -0.1) is 0 Å². The summed E-state index contributed by atoms with van der Waals surface area (Å²) in [5.74, 6) is 0.703. The van der Waals surface area contributed by atoms with Crippen LogP contribution in [0.4, 0.5) is 0 Å². The highest BCUT2D eigenvalue weighted by Gasteiger charge is 2.03. The maximum absolute atomic E-state index is 11.1. The molecule has 0 bridgehead atoms. The van der Waals surface area contributed by atoms with Gasteiger partial charge in [-0.05, 0) is 23.8 Å². The Morgan fingerprint density at radius 1 is 1.29 bits per heavy atom. The molecule has 1 N–H and O–H groups in total. The van der Waals surface area contributed by atoms with Gasteiger partial charge in [0.25, 0.3) is 5.91 Å². The van der Waals surface area contributed by atoms with Gasteiger partial charge in [-0.3, -0.25) is 10.0 Å². The van der Waals surface area contributed by atoms with Crippen LogP contribution in [0.3, 0.4) is 0 Å². The maximum atomic E-state index is 11.1. The smallest absolute Gasteiger partial charge is 0.269 e. The highest BCUT2D eigenvalue weighted by atomic mass is 16.5. The summed E-state index contributed by atoms with van der Waals surface area (Å²) in [6.07, 6.45) is 2.85. The highest BCUT2D eigenvalue weighted by Crippen LogP contribution is 2.27. The van der Waals surface area contributed by atoms with E-state index in [1.54, 1.807) is 31.4 Å². The van der Waals surface area contributed by atoms with E-state index in [-0.39, 0.29) is 0 Å². The summed E-state index contributed by atoms with van der Waals surface area (Å²) >= 11 is 0. The molecule has 0 atom stereocenters. The molecule has 0 spiro atoms. The van der Waals surface area contributed by atoms with Gasteiger partial charge in [0.15, 0.2) is 11.5 Å². The lowest BCUT2D eigenvalue weighted by molar-refractivity contribution is -0.153. The van der Waals surface area contributed by atoms with Crippen molar-refractivity contribution in [3.8, 4) is 11.5 Å². The fourth-order valence-corrected chi connectivity index (χ4v) is 1.23. The van der Waals surface area contributed by atoms with Crippen LogP contribution in [0, 0.1) is 0 Å². The quantitative estimate of drug-likeness (QED) is 0.490. The summed E-state index contributed by atoms with van der Waals surface area (Å²) in [6.45, 7) is 0.